The van der Waals surface area contributed by atoms with Crippen LogP contribution in [0.3, 0.4) is 0 Å². The first-order chi connectivity index (χ1) is 25.3. The topological polar surface area (TPSA) is 32.8 Å². The molecule has 51 heavy (non-hydrogen) atoms. The van der Waals surface area contributed by atoms with Crippen molar-refractivity contribution in [1.82, 2.24) is 0 Å². The fourth-order valence-electron chi connectivity index (χ4n) is 8.42. The molecule has 2 aliphatic heterocycles. The van der Waals surface area contributed by atoms with E-state index in [0.29, 0.717) is 0 Å². The van der Waals surface area contributed by atoms with E-state index in [0.717, 1.165) is 78.7 Å². The van der Waals surface area contributed by atoms with Gasteiger partial charge in [-0.3, -0.25) is 9.80 Å². The maximum atomic E-state index is 6.93. The van der Waals surface area contributed by atoms with Crippen LogP contribution < -0.4 is 26.2 Å². The van der Waals surface area contributed by atoms with Gasteiger partial charge in [0.05, 0.1) is 11.1 Å². The van der Waals surface area contributed by atoms with Crippen LogP contribution in [0.5, 0.6) is 0 Å². The van der Waals surface area contributed by atoms with E-state index in [1.165, 1.54) is 16.4 Å². The van der Waals surface area contributed by atoms with Crippen molar-refractivity contribution < 1.29 is 8.83 Å². The molecule has 0 amide bonds. The maximum Gasteiger partial charge on any atom is 0.252 e. The monoisotopic (exact) mass is 652 g/mol. The number of fused-ring (bicyclic) bond motifs is 6. The van der Waals surface area contributed by atoms with Crippen LogP contribution in [-0.4, -0.2) is 6.71 Å². The van der Waals surface area contributed by atoms with Gasteiger partial charge in [0.15, 0.2) is 0 Å². The van der Waals surface area contributed by atoms with Crippen molar-refractivity contribution in [2.24, 2.45) is 0 Å². The predicted octanol–water partition coefficient (Wildman–Crippen LogP) is 10.6. The Bertz CT molecular complexity index is 2600. The molecule has 7 aromatic carbocycles. The zero-order valence-electron chi connectivity index (χ0n) is 27.5. The van der Waals surface area contributed by atoms with E-state index < -0.39 is 0 Å². The summed E-state index contributed by atoms with van der Waals surface area (Å²) in [4.78, 5) is 4.69. The molecule has 238 valence electrons. The minimum absolute atomic E-state index is 0.00482. The normalized spacial score (nSPS) is 13.0. The summed E-state index contributed by atoms with van der Waals surface area (Å²) in [6.45, 7) is 0.00482. The molecule has 0 bridgehead atoms. The number of nitrogens with zero attached hydrogens (tertiary/aromatic N) is 2. The van der Waals surface area contributed by atoms with Crippen LogP contribution in [-0.2, 0) is 0 Å². The summed E-state index contributed by atoms with van der Waals surface area (Å²) in [5.41, 5.74) is 14.2. The van der Waals surface area contributed by atoms with Gasteiger partial charge in [0, 0.05) is 33.5 Å². The molecule has 0 unspecified atom stereocenters. The van der Waals surface area contributed by atoms with Gasteiger partial charge >= 0.3 is 0 Å². The summed E-state index contributed by atoms with van der Waals surface area (Å²) < 4.78 is 13.9. The Kier molecular flexibility index (Phi) is 6.01. The van der Waals surface area contributed by atoms with Gasteiger partial charge in [-0.15, -0.1) is 0 Å². The number of benzene rings is 7. The third-order valence-corrected chi connectivity index (χ3v) is 10.5. The summed E-state index contributed by atoms with van der Waals surface area (Å²) in [6, 6.07) is 62.2. The molecule has 0 saturated carbocycles. The van der Waals surface area contributed by atoms with E-state index in [9.17, 15) is 0 Å². The van der Waals surface area contributed by atoms with Crippen LogP contribution in [0.4, 0.5) is 34.5 Å². The van der Waals surface area contributed by atoms with Crippen molar-refractivity contribution in [3.05, 3.63) is 176 Å². The van der Waals surface area contributed by atoms with Gasteiger partial charge in [-0.05, 0) is 63.9 Å². The largest absolute Gasteiger partial charge is 0.439 e. The van der Waals surface area contributed by atoms with Crippen molar-refractivity contribution in [1.29, 1.82) is 0 Å². The Balaban J connectivity index is 1.23. The molecule has 0 fully saturated rings. The fourth-order valence-corrected chi connectivity index (χ4v) is 8.42. The maximum absolute atomic E-state index is 6.93. The average molecular weight is 653 g/mol. The Morgan fingerprint density at radius 1 is 0.353 bits per heavy atom. The summed E-state index contributed by atoms with van der Waals surface area (Å²) in [7, 11) is 0. The average Bonchev–Trinajstić information content (AvgIpc) is 3.77. The van der Waals surface area contributed by atoms with Gasteiger partial charge < -0.3 is 8.83 Å². The first kappa shape index (κ1) is 28.2. The first-order valence-electron chi connectivity index (χ1n) is 17.4. The Morgan fingerprint density at radius 3 is 1.24 bits per heavy atom. The van der Waals surface area contributed by atoms with Gasteiger partial charge in [-0.2, -0.15) is 0 Å². The highest BCUT2D eigenvalue weighted by Crippen LogP contribution is 2.51. The molecule has 0 spiro atoms. The van der Waals surface area contributed by atoms with Crippen molar-refractivity contribution in [2.75, 3.05) is 9.80 Å². The first-order valence-corrected chi connectivity index (χ1v) is 17.4. The number of anilines is 6. The minimum atomic E-state index is 0.00482. The van der Waals surface area contributed by atoms with Crippen molar-refractivity contribution in [2.45, 2.75) is 0 Å². The number of furan rings is 2. The second kappa shape index (κ2) is 10.9. The molecule has 0 atom stereocenters. The van der Waals surface area contributed by atoms with Gasteiger partial charge in [0.2, 0.25) is 11.8 Å². The number of para-hydroxylation sites is 4. The third kappa shape index (κ3) is 4.03. The van der Waals surface area contributed by atoms with E-state index in [1.807, 2.05) is 12.1 Å². The van der Waals surface area contributed by atoms with E-state index in [4.69, 9.17) is 8.83 Å². The molecule has 0 radical (unpaired) electrons. The predicted molar refractivity (Wildman–Crippen MR) is 211 cm³/mol. The quantitative estimate of drug-likeness (QED) is 0.177. The Morgan fingerprint density at radius 2 is 0.745 bits per heavy atom. The molecule has 5 heteroatoms. The van der Waals surface area contributed by atoms with Crippen LogP contribution in [0.15, 0.2) is 185 Å². The van der Waals surface area contributed by atoms with Gasteiger partial charge in [-0.25, -0.2) is 0 Å². The van der Waals surface area contributed by atoms with Gasteiger partial charge in [0.25, 0.3) is 6.71 Å². The van der Waals surface area contributed by atoms with E-state index in [2.05, 4.69) is 174 Å². The zero-order chi connectivity index (χ0) is 33.5. The van der Waals surface area contributed by atoms with Crippen molar-refractivity contribution >= 4 is 79.6 Å². The lowest BCUT2D eigenvalue weighted by molar-refractivity contribution is 0.621. The van der Waals surface area contributed by atoms with Crippen LogP contribution >= 0.6 is 0 Å². The minimum Gasteiger partial charge on any atom is -0.439 e. The number of rotatable bonds is 4. The van der Waals surface area contributed by atoms with Crippen molar-refractivity contribution in [3.8, 4) is 22.3 Å². The molecular formula is C46H29BN2O2. The lowest BCUT2D eigenvalue weighted by atomic mass is 9.33. The molecule has 2 aromatic heterocycles. The van der Waals surface area contributed by atoms with Gasteiger partial charge in [-0.1, -0.05) is 140 Å². The molecule has 4 nitrogen and oxygen atoms in total. The lowest BCUT2D eigenvalue weighted by Crippen LogP contribution is -2.61. The lowest BCUT2D eigenvalue weighted by Gasteiger charge is -2.42. The summed E-state index contributed by atoms with van der Waals surface area (Å²) in [5.74, 6) is 1.61. The highest BCUT2D eigenvalue weighted by atomic mass is 16.4. The van der Waals surface area contributed by atoms with E-state index in [-0.39, 0.29) is 6.71 Å². The van der Waals surface area contributed by atoms with Crippen LogP contribution in [0.2, 0.25) is 0 Å². The zero-order valence-corrected chi connectivity index (χ0v) is 27.5. The molecule has 11 rings (SSSR count). The van der Waals surface area contributed by atoms with Crippen molar-refractivity contribution in [3.63, 3.8) is 0 Å². The van der Waals surface area contributed by atoms with Crippen LogP contribution in [0.25, 0.3) is 44.2 Å². The van der Waals surface area contributed by atoms with Crippen LogP contribution in [0.1, 0.15) is 0 Å². The van der Waals surface area contributed by atoms with Crippen LogP contribution in [0, 0.1) is 0 Å². The molecule has 2 aliphatic rings. The molecule has 0 N–H and O–H groups in total. The van der Waals surface area contributed by atoms with E-state index >= 15 is 0 Å². The molecule has 9 aromatic rings. The summed E-state index contributed by atoms with van der Waals surface area (Å²) in [5, 5.41) is 2.18. The third-order valence-electron chi connectivity index (χ3n) is 10.5. The Hall–Kier alpha value is -6.72. The highest BCUT2D eigenvalue weighted by Gasteiger charge is 2.45. The number of hydrogen-bond acceptors (Lipinski definition) is 4. The standard InChI is InChI=1S/C46H29BN2O2/c1-3-16-30(17-4-1)42-32-20-7-13-28-40(32)50-45(42)48-36-24-11-9-22-34(36)47-35-23-10-12-25-37(35)49(39-27-15-26-38(48)44(39)47)46-43(31-18-5-2-6-19-31)33-21-8-14-29-41(33)51-46/h1-29H. The molecular weight excluding hydrogens is 623 g/mol. The molecule has 0 saturated heterocycles. The van der Waals surface area contributed by atoms with Gasteiger partial charge in [0.1, 0.15) is 11.2 Å². The second-order valence-electron chi connectivity index (χ2n) is 13.2. The second-order valence-corrected chi connectivity index (χ2v) is 13.2. The van der Waals surface area contributed by atoms with E-state index in [1.54, 1.807) is 0 Å². The number of hydrogen-bond donors (Lipinski definition) is 0. The highest BCUT2D eigenvalue weighted by molar-refractivity contribution is 7.00. The summed E-state index contributed by atoms with van der Waals surface area (Å²) >= 11 is 0. The SMILES string of the molecule is c1ccc(-c2c(N3c4ccccc4B4c5ccccc5N(c5oc6ccccc6c5-c5ccccc5)c5cccc3c54)oc3ccccc23)cc1. The molecule has 0 aliphatic carbocycles. The smallest absolute Gasteiger partial charge is 0.252 e. The fraction of sp³-hybridized carbons (Fsp3) is 0. The molecule has 4 heterocycles. The Labute approximate surface area is 295 Å². The summed E-state index contributed by atoms with van der Waals surface area (Å²) in [6.07, 6.45) is 0.